The third kappa shape index (κ3) is 52.7. The number of benzene rings is 1. The van der Waals surface area contributed by atoms with Crippen LogP contribution in [0.2, 0.25) is 0 Å². The molecule has 0 spiro atoms. The van der Waals surface area contributed by atoms with Crippen molar-refractivity contribution in [3.63, 3.8) is 0 Å². The predicted molar refractivity (Wildman–Crippen MR) is 281 cm³/mol. The molecule has 1 aromatic rings. The van der Waals surface area contributed by atoms with Gasteiger partial charge in [0.2, 0.25) is 0 Å². The number of hydrogen-bond acceptors (Lipinski definition) is 22. The average molecular weight is 1140 g/mol. The Balaban J connectivity index is 1.90. The van der Waals surface area contributed by atoms with Crippen molar-refractivity contribution in [2.75, 3.05) is 236 Å². The van der Waals surface area contributed by atoms with Crippen LogP contribution in [0.5, 0.6) is 11.5 Å². The van der Waals surface area contributed by atoms with Gasteiger partial charge in [-0.05, 0) is 48.8 Å². The molecule has 26 heteroatoms. The first-order valence-electron chi connectivity index (χ1n) is 26.3. The maximum atomic E-state index is 10.6. The van der Waals surface area contributed by atoms with Gasteiger partial charge in [-0.15, -0.1) is 0 Å². The van der Waals surface area contributed by atoms with E-state index in [1.54, 1.807) is 0 Å². The maximum absolute atomic E-state index is 10.6. The zero-order valence-corrected chi connectivity index (χ0v) is 47.3. The van der Waals surface area contributed by atoms with E-state index in [1.165, 1.54) is 0 Å². The van der Waals surface area contributed by atoms with Crippen LogP contribution < -0.4 is 9.47 Å². The molecule has 0 aliphatic heterocycles. The van der Waals surface area contributed by atoms with Gasteiger partial charge >= 0.3 is 0 Å². The topological polar surface area (TPSA) is 275 Å². The Morgan fingerprint density at radius 2 is 0.513 bits per heavy atom. The Bertz CT molecular complexity index is 1640. The minimum absolute atomic E-state index is 0.0653. The largest absolute Gasteiger partial charge is 0.487 e. The fraction of sp³-hybridized carbons (Fsp3) is 0.880. The zero-order valence-electron chi connectivity index (χ0n) is 45.7. The molecule has 0 amide bonds. The van der Waals surface area contributed by atoms with Gasteiger partial charge in [0.25, 0.3) is 20.2 Å². The van der Waals surface area contributed by atoms with Gasteiger partial charge in [-0.25, -0.2) is 0 Å². The van der Waals surface area contributed by atoms with Crippen molar-refractivity contribution in [1.82, 2.24) is 0 Å². The van der Waals surface area contributed by atoms with Gasteiger partial charge in [-0.3, -0.25) is 9.11 Å². The van der Waals surface area contributed by atoms with Crippen LogP contribution in [0.4, 0.5) is 0 Å². The maximum Gasteiger partial charge on any atom is 0.264 e. The summed E-state index contributed by atoms with van der Waals surface area (Å²) in [5, 5.41) is 0. The van der Waals surface area contributed by atoms with Gasteiger partial charge in [0.15, 0.2) is 11.5 Å². The highest BCUT2D eigenvalue weighted by Gasteiger charge is 2.17. The second kappa shape index (κ2) is 51.2. The van der Waals surface area contributed by atoms with Crippen molar-refractivity contribution in [3.05, 3.63) is 23.8 Å². The quantitative estimate of drug-likeness (QED) is 0.0699. The van der Waals surface area contributed by atoms with Gasteiger partial charge in [-0.2, -0.15) is 16.8 Å². The lowest BCUT2D eigenvalue weighted by Gasteiger charge is -2.21. The Kier molecular flexibility index (Phi) is 48.5. The molecule has 1 aromatic carbocycles. The average Bonchev–Trinajstić information content (AvgIpc) is 3.37. The molecule has 0 atom stereocenters. The molecule has 2 N–H and O–H groups in total. The fourth-order valence-electron chi connectivity index (χ4n) is 5.89. The van der Waals surface area contributed by atoms with Crippen molar-refractivity contribution in [1.29, 1.82) is 0 Å². The highest BCUT2D eigenvalue weighted by Crippen LogP contribution is 2.33. The Labute approximate surface area is 453 Å². The molecule has 450 valence electrons. The van der Waals surface area contributed by atoms with Gasteiger partial charge in [0.1, 0.15) is 13.2 Å². The van der Waals surface area contributed by atoms with Gasteiger partial charge < -0.3 is 85.3 Å². The molecule has 0 fully saturated rings. The van der Waals surface area contributed by atoms with Crippen molar-refractivity contribution >= 4 is 20.2 Å². The summed E-state index contributed by atoms with van der Waals surface area (Å²) in [4.78, 5) is 0. The lowest BCUT2D eigenvalue weighted by atomic mass is 9.87. The van der Waals surface area contributed by atoms with E-state index in [0.717, 1.165) is 5.56 Å². The molecule has 0 radical (unpaired) electrons. The molecule has 0 aliphatic rings. The molecule has 0 saturated carbocycles. The molecule has 0 heterocycles. The molecule has 0 unspecified atom stereocenters. The minimum Gasteiger partial charge on any atom is -0.487 e. The summed E-state index contributed by atoms with van der Waals surface area (Å²) in [5.41, 5.74) is 1.06. The van der Waals surface area contributed by atoms with E-state index in [1.807, 2.05) is 18.2 Å². The molecule has 76 heavy (non-hydrogen) atoms. The van der Waals surface area contributed by atoms with Crippen LogP contribution in [0.3, 0.4) is 0 Å². The van der Waals surface area contributed by atoms with E-state index in [9.17, 15) is 16.8 Å². The smallest absolute Gasteiger partial charge is 0.264 e. The second-order valence-electron chi connectivity index (χ2n) is 17.4. The monoisotopic (exact) mass is 1140 g/mol. The van der Waals surface area contributed by atoms with Crippen LogP contribution in [-0.2, 0) is 101 Å². The van der Waals surface area contributed by atoms with Gasteiger partial charge in [-0.1, -0.05) is 26.8 Å². The standard InChI is InChI=1S/C50H94O24S2/c1-50(2,3)47-8-9-48(73-42-40-71-38-36-69-34-32-67-30-28-65-26-24-63-22-20-61-18-16-59-14-12-57-10-4-6-44-75(51,52)53)49(46-47)74-43-41-72-39-37-70-35-33-68-31-29-66-27-25-64-23-21-62-19-17-60-15-13-58-11-5-7-45-76(54,55)56/h8-9,46H,4-7,10-45H2,1-3H3,(H,51,52,53)(H,54,55,56). The summed E-state index contributed by atoms with van der Waals surface area (Å²) in [5.74, 6) is 0.778. The normalized spacial score (nSPS) is 12.3. The molecule has 0 aliphatic carbocycles. The lowest BCUT2D eigenvalue weighted by Crippen LogP contribution is -2.16. The van der Waals surface area contributed by atoms with E-state index in [-0.39, 0.29) is 16.9 Å². The Morgan fingerprint density at radius 3 is 0.737 bits per heavy atom. The zero-order chi connectivity index (χ0) is 55.4. The van der Waals surface area contributed by atoms with Gasteiger partial charge in [0, 0.05) is 13.2 Å². The predicted octanol–water partition coefficient (Wildman–Crippen LogP) is 3.34. The number of rotatable bonds is 60. The summed E-state index contributed by atoms with van der Waals surface area (Å²) in [7, 11) is -7.81. The van der Waals surface area contributed by atoms with Crippen molar-refractivity contribution in [2.45, 2.75) is 51.9 Å². The molecule has 0 bridgehead atoms. The van der Waals surface area contributed by atoms with Crippen LogP contribution in [0.25, 0.3) is 0 Å². The highest BCUT2D eigenvalue weighted by molar-refractivity contribution is 7.86. The molecule has 0 saturated heterocycles. The van der Waals surface area contributed by atoms with E-state index >= 15 is 0 Å². The summed E-state index contributed by atoms with van der Waals surface area (Å²) >= 11 is 0. The Hall–Kier alpha value is -2.00. The van der Waals surface area contributed by atoms with Crippen molar-refractivity contribution in [2.24, 2.45) is 0 Å². The van der Waals surface area contributed by atoms with Crippen LogP contribution >= 0.6 is 0 Å². The molecule has 24 nitrogen and oxygen atoms in total. The number of ether oxygens (including phenoxy) is 18. The summed E-state index contributed by atoms with van der Waals surface area (Å²) in [6.45, 7) is 21.1. The molecule has 0 aromatic heterocycles. The third-order valence-electron chi connectivity index (χ3n) is 9.87. The summed E-state index contributed by atoms with van der Waals surface area (Å²) in [6, 6.07) is 5.98. The third-order valence-corrected chi connectivity index (χ3v) is 11.5. The summed E-state index contributed by atoms with van der Waals surface area (Å²) < 4.78 is 160. The first kappa shape index (κ1) is 72.0. The highest BCUT2D eigenvalue weighted by atomic mass is 32.2. The van der Waals surface area contributed by atoms with Crippen LogP contribution in [0.1, 0.15) is 52.0 Å². The number of hydrogen-bond donors (Lipinski definition) is 2. The van der Waals surface area contributed by atoms with Crippen LogP contribution in [-0.4, -0.2) is 262 Å². The number of unbranched alkanes of at least 4 members (excludes halogenated alkanes) is 2. The molecular formula is C50H94O24S2. The van der Waals surface area contributed by atoms with E-state index in [2.05, 4.69) is 20.8 Å². The SMILES string of the molecule is CC(C)(C)c1ccc(OCCOCCOCCOCCOCCOCCOCCOCCOCCCCS(=O)(=O)O)c(OCCOCCOCCOCCOCCOCCOCCOCCOCCCCS(=O)(=O)O)c1. The first-order chi connectivity index (χ1) is 36.8. The Morgan fingerprint density at radius 1 is 0.303 bits per heavy atom. The van der Waals surface area contributed by atoms with E-state index < -0.39 is 20.2 Å². The van der Waals surface area contributed by atoms with E-state index in [0.29, 0.717) is 262 Å². The van der Waals surface area contributed by atoms with Crippen LogP contribution in [0.15, 0.2) is 18.2 Å². The second-order valence-corrected chi connectivity index (χ2v) is 20.5. The summed E-state index contributed by atoms with van der Waals surface area (Å²) in [6.07, 6.45) is 1.83. The fourth-order valence-corrected chi connectivity index (χ4v) is 7.03. The van der Waals surface area contributed by atoms with Crippen molar-refractivity contribution < 1.29 is 111 Å². The molecule has 1 rings (SSSR count). The van der Waals surface area contributed by atoms with Crippen LogP contribution in [0, 0.1) is 0 Å². The lowest BCUT2D eigenvalue weighted by molar-refractivity contribution is -0.0238. The van der Waals surface area contributed by atoms with Crippen molar-refractivity contribution in [3.8, 4) is 11.5 Å². The van der Waals surface area contributed by atoms with Gasteiger partial charge in [0.05, 0.1) is 210 Å². The first-order valence-corrected chi connectivity index (χ1v) is 29.5. The van der Waals surface area contributed by atoms with E-state index in [4.69, 9.17) is 94.4 Å². The minimum atomic E-state index is -3.91. The molecular weight excluding hydrogens is 1050 g/mol.